The molecule has 0 saturated carbocycles. The fraction of sp³-hybridized carbons (Fsp3) is 0.0800. The number of ether oxygens (including phenoxy) is 1. The van der Waals surface area contributed by atoms with Crippen LogP contribution < -0.4 is 4.74 Å². The van der Waals surface area contributed by atoms with Crippen molar-refractivity contribution in [3.05, 3.63) is 113 Å². The molecule has 1 atom stereocenters. The fourth-order valence-electron chi connectivity index (χ4n) is 4.31. The summed E-state index contributed by atoms with van der Waals surface area (Å²) in [5.41, 5.74) is 0.0627. The average Bonchev–Trinajstić information content (AvgIpc) is 3.03. The molecule has 3 aromatic rings. The maximum atomic E-state index is 13.9. The van der Waals surface area contributed by atoms with Gasteiger partial charge < -0.3 is 4.74 Å². The zero-order valence-electron chi connectivity index (χ0n) is 15.7. The molecular formula is C25H15FO4. The number of allylic oxidation sites excluding steroid dienone is 1. The van der Waals surface area contributed by atoms with Crippen LogP contribution in [-0.2, 0) is 16.6 Å². The van der Waals surface area contributed by atoms with Gasteiger partial charge in [-0.25, -0.2) is 4.39 Å². The molecule has 1 heterocycles. The third kappa shape index (κ3) is 2.55. The lowest BCUT2D eigenvalue weighted by Crippen LogP contribution is -2.42. The van der Waals surface area contributed by atoms with E-state index in [0.717, 1.165) is 0 Å². The van der Waals surface area contributed by atoms with Crippen molar-refractivity contribution in [3.63, 3.8) is 0 Å². The molecule has 1 aliphatic heterocycles. The van der Waals surface area contributed by atoms with Crippen LogP contribution in [0.5, 0.6) is 5.75 Å². The second-order valence-corrected chi connectivity index (χ2v) is 7.39. The number of rotatable bonds is 3. The Labute approximate surface area is 171 Å². The van der Waals surface area contributed by atoms with Crippen LogP contribution in [0.1, 0.15) is 31.8 Å². The molecular weight excluding hydrogens is 383 g/mol. The third-order valence-corrected chi connectivity index (χ3v) is 5.67. The van der Waals surface area contributed by atoms with Crippen LogP contribution in [-0.4, -0.2) is 17.5 Å². The van der Waals surface area contributed by atoms with Crippen molar-refractivity contribution in [2.45, 2.75) is 11.8 Å². The number of hydrogen-bond donors (Lipinski definition) is 0. The number of fused-ring (bicyclic) bond motifs is 2. The van der Waals surface area contributed by atoms with Gasteiger partial charge in [-0.2, -0.15) is 0 Å². The van der Waals surface area contributed by atoms with Gasteiger partial charge in [0.2, 0.25) is 0 Å². The summed E-state index contributed by atoms with van der Waals surface area (Å²) in [7, 11) is 0. The number of carbonyl (C=O) groups excluding carboxylic acids is 3. The van der Waals surface area contributed by atoms with Gasteiger partial charge in [0.05, 0.1) is 0 Å². The van der Waals surface area contributed by atoms with Gasteiger partial charge in [0.25, 0.3) is 0 Å². The zero-order valence-corrected chi connectivity index (χ0v) is 15.7. The summed E-state index contributed by atoms with van der Waals surface area (Å²) < 4.78 is 19.4. The topological polar surface area (TPSA) is 60.4 Å². The van der Waals surface area contributed by atoms with Crippen LogP contribution in [0, 0.1) is 5.82 Å². The van der Waals surface area contributed by atoms with E-state index >= 15 is 0 Å². The first kappa shape index (κ1) is 18.2. The number of esters is 1. The van der Waals surface area contributed by atoms with E-state index in [1.165, 1.54) is 18.2 Å². The highest BCUT2D eigenvalue weighted by atomic mass is 19.1. The maximum absolute atomic E-state index is 13.9. The van der Waals surface area contributed by atoms with E-state index in [0.29, 0.717) is 22.4 Å². The number of ketones is 2. The van der Waals surface area contributed by atoms with E-state index in [1.54, 1.807) is 60.7 Å². The summed E-state index contributed by atoms with van der Waals surface area (Å²) in [5, 5.41) is 0. The minimum atomic E-state index is -1.54. The summed E-state index contributed by atoms with van der Waals surface area (Å²) in [5.74, 6) is -1.53. The van der Waals surface area contributed by atoms with E-state index in [9.17, 15) is 18.8 Å². The monoisotopic (exact) mass is 398 g/mol. The standard InChI is InChI=1S/C25H15FO4/c26-16-7-5-6-15(12-16)14-25(19-10-3-4-11-22(19)30-24(25)29)20-13-21(27)17-8-1-2-9-18(17)23(20)28/h1-13H,14H2/t25-/m1/s1. The summed E-state index contributed by atoms with van der Waals surface area (Å²) in [6, 6.07) is 19.2. The van der Waals surface area contributed by atoms with Gasteiger partial charge in [-0.05, 0) is 36.3 Å². The van der Waals surface area contributed by atoms with Crippen LogP contribution in [0.4, 0.5) is 4.39 Å². The number of hydrogen-bond acceptors (Lipinski definition) is 4. The Hall–Kier alpha value is -3.86. The molecule has 146 valence electrons. The molecule has 2 aliphatic rings. The van der Waals surface area contributed by atoms with Gasteiger partial charge in [0, 0.05) is 22.3 Å². The lowest BCUT2D eigenvalue weighted by atomic mass is 9.66. The third-order valence-electron chi connectivity index (χ3n) is 5.67. The fourth-order valence-corrected chi connectivity index (χ4v) is 4.31. The molecule has 5 rings (SSSR count). The molecule has 0 spiro atoms. The second kappa shape index (κ2) is 6.59. The largest absolute Gasteiger partial charge is 0.425 e. The zero-order chi connectivity index (χ0) is 20.9. The molecule has 1 aliphatic carbocycles. The first-order valence-corrected chi connectivity index (χ1v) is 9.47. The van der Waals surface area contributed by atoms with Gasteiger partial charge >= 0.3 is 5.97 Å². The first-order chi connectivity index (χ1) is 14.5. The van der Waals surface area contributed by atoms with Crippen LogP contribution in [0.25, 0.3) is 0 Å². The van der Waals surface area contributed by atoms with Crippen LogP contribution in [0.2, 0.25) is 0 Å². The molecule has 3 aromatic carbocycles. The Morgan fingerprint density at radius 3 is 2.37 bits per heavy atom. The number of halogens is 1. The lowest BCUT2D eigenvalue weighted by Gasteiger charge is -2.30. The molecule has 0 fully saturated rings. The van der Waals surface area contributed by atoms with Crippen LogP contribution >= 0.6 is 0 Å². The van der Waals surface area contributed by atoms with Crippen LogP contribution in [0.3, 0.4) is 0 Å². The summed E-state index contributed by atoms with van der Waals surface area (Å²) >= 11 is 0. The van der Waals surface area contributed by atoms with Crippen molar-refractivity contribution in [2.75, 3.05) is 0 Å². The number of carbonyl (C=O) groups is 3. The lowest BCUT2D eigenvalue weighted by molar-refractivity contribution is -0.136. The molecule has 0 aromatic heterocycles. The molecule has 0 bridgehead atoms. The van der Waals surface area contributed by atoms with E-state index in [4.69, 9.17) is 4.74 Å². The quantitative estimate of drug-likeness (QED) is 0.489. The molecule has 4 nitrogen and oxygen atoms in total. The van der Waals surface area contributed by atoms with Crippen molar-refractivity contribution in [1.82, 2.24) is 0 Å². The van der Waals surface area contributed by atoms with Crippen molar-refractivity contribution < 1.29 is 23.5 Å². The number of para-hydroxylation sites is 1. The molecule has 5 heteroatoms. The second-order valence-electron chi connectivity index (χ2n) is 7.39. The highest BCUT2D eigenvalue weighted by molar-refractivity contribution is 6.27. The number of Topliss-reactive ketones (excluding diaryl/α,β-unsaturated/α-hetero) is 1. The van der Waals surface area contributed by atoms with Gasteiger partial charge in [0.1, 0.15) is 17.0 Å². The van der Waals surface area contributed by atoms with Gasteiger partial charge in [0.15, 0.2) is 11.6 Å². The van der Waals surface area contributed by atoms with E-state index in [1.807, 2.05) is 0 Å². The maximum Gasteiger partial charge on any atom is 0.327 e. The Kier molecular flexibility index (Phi) is 4.00. The predicted octanol–water partition coefficient (Wildman–Crippen LogP) is 4.23. The first-order valence-electron chi connectivity index (χ1n) is 9.47. The van der Waals surface area contributed by atoms with Gasteiger partial charge in [-0.3, -0.25) is 14.4 Å². The molecule has 0 radical (unpaired) electrons. The molecule has 0 unspecified atom stereocenters. The minimum absolute atomic E-state index is 0.00632. The highest BCUT2D eigenvalue weighted by Crippen LogP contribution is 2.48. The summed E-state index contributed by atoms with van der Waals surface area (Å²) in [4.78, 5) is 39.6. The molecule has 0 N–H and O–H groups in total. The Balaban J connectivity index is 1.76. The highest BCUT2D eigenvalue weighted by Gasteiger charge is 2.55. The van der Waals surface area contributed by atoms with E-state index < -0.39 is 23.0 Å². The van der Waals surface area contributed by atoms with Gasteiger partial charge in [-0.15, -0.1) is 0 Å². The molecule has 0 amide bonds. The van der Waals surface area contributed by atoms with Crippen molar-refractivity contribution in [3.8, 4) is 5.75 Å². The number of benzene rings is 3. The molecule has 30 heavy (non-hydrogen) atoms. The van der Waals surface area contributed by atoms with E-state index in [-0.39, 0.29) is 23.3 Å². The summed E-state index contributed by atoms with van der Waals surface area (Å²) in [6.07, 6.45) is 1.22. The predicted molar refractivity (Wildman–Crippen MR) is 107 cm³/mol. The smallest absolute Gasteiger partial charge is 0.327 e. The van der Waals surface area contributed by atoms with Crippen molar-refractivity contribution in [1.29, 1.82) is 0 Å². The normalized spacial score (nSPS) is 19.8. The Bertz CT molecular complexity index is 1270. The van der Waals surface area contributed by atoms with Crippen molar-refractivity contribution in [2.24, 2.45) is 0 Å². The SMILES string of the molecule is O=C1C=C([C@]2(Cc3cccc(F)c3)C(=O)Oc3ccccc32)C(=O)c2ccccc21. The minimum Gasteiger partial charge on any atom is -0.425 e. The van der Waals surface area contributed by atoms with Crippen LogP contribution in [0.15, 0.2) is 84.4 Å². The van der Waals surface area contributed by atoms with Gasteiger partial charge in [-0.1, -0.05) is 54.6 Å². The summed E-state index contributed by atoms with van der Waals surface area (Å²) in [6.45, 7) is 0. The Morgan fingerprint density at radius 1 is 0.833 bits per heavy atom. The molecule has 0 saturated heterocycles. The van der Waals surface area contributed by atoms with Crippen molar-refractivity contribution >= 4 is 17.5 Å². The Morgan fingerprint density at radius 2 is 1.57 bits per heavy atom. The van der Waals surface area contributed by atoms with E-state index in [2.05, 4.69) is 0 Å². The average molecular weight is 398 g/mol.